The first-order valence-corrected chi connectivity index (χ1v) is 12.0. The van der Waals surface area contributed by atoms with Crippen molar-refractivity contribution in [1.29, 1.82) is 0 Å². The lowest BCUT2D eigenvalue weighted by Gasteiger charge is -2.25. The van der Waals surface area contributed by atoms with E-state index in [0.29, 0.717) is 17.9 Å². The van der Waals surface area contributed by atoms with Crippen LogP contribution in [-0.4, -0.2) is 67.2 Å². The average molecular weight is 438 g/mol. The summed E-state index contributed by atoms with van der Waals surface area (Å²) < 4.78 is 4.20. The molecule has 2 aliphatic carbocycles. The van der Waals surface area contributed by atoms with Crippen LogP contribution in [0.1, 0.15) is 69.5 Å². The molecule has 0 radical (unpaired) electrons. The van der Waals surface area contributed by atoms with Gasteiger partial charge in [0, 0.05) is 41.5 Å². The van der Waals surface area contributed by atoms with Gasteiger partial charge in [0.05, 0.1) is 30.1 Å². The minimum atomic E-state index is -0.170. The van der Waals surface area contributed by atoms with Crippen LogP contribution in [0.5, 0.6) is 0 Å². The van der Waals surface area contributed by atoms with Gasteiger partial charge in [0.1, 0.15) is 0 Å². The van der Waals surface area contributed by atoms with Gasteiger partial charge in [-0.05, 0) is 72.0 Å². The summed E-state index contributed by atoms with van der Waals surface area (Å²) in [6.07, 6.45) is 13.3. The summed E-state index contributed by atoms with van der Waals surface area (Å²) in [5, 5.41) is 23.0. The minimum absolute atomic E-state index is 0.170. The fraction of sp³-hybridized carbons (Fsp3) is 0.625. The Morgan fingerprint density at radius 2 is 1.94 bits per heavy atom. The maximum Gasteiger partial charge on any atom is 0.241 e. The molecule has 0 bridgehead atoms. The molecule has 5 rings (SSSR count). The second-order valence-electron chi connectivity index (χ2n) is 9.97. The summed E-state index contributed by atoms with van der Waals surface area (Å²) in [4.78, 5) is 6.81. The summed E-state index contributed by atoms with van der Waals surface area (Å²) >= 11 is 0. The van der Waals surface area contributed by atoms with Crippen LogP contribution in [0.15, 0.2) is 24.7 Å². The van der Waals surface area contributed by atoms with Gasteiger partial charge in [-0.3, -0.25) is 4.68 Å². The average Bonchev–Trinajstić information content (AvgIpc) is 3.31. The normalized spacial score (nSPS) is 22.9. The first-order chi connectivity index (χ1) is 15.5. The fourth-order valence-corrected chi connectivity index (χ4v) is 5.12. The number of aliphatic hydroxyl groups excluding tert-OH is 1. The van der Waals surface area contributed by atoms with Crippen LogP contribution in [-0.2, 0) is 0 Å². The molecule has 0 aliphatic heterocycles. The number of likely N-dealkylation sites (N-methyl/N-ethyl adjacent to an activating group) is 1. The molecule has 3 aromatic heterocycles. The molecule has 2 N–H and O–H groups in total. The molecule has 0 aromatic carbocycles. The Kier molecular flexibility index (Phi) is 5.90. The van der Waals surface area contributed by atoms with E-state index < -0.39 is 0 Å². The number of hydrogen-bond acceptors (Lipinski definition) is 6. The lowest BCUT2D eigenvalue weighted by atomic mass is 9.85. The van der Waals surface area contributed by atoms with Crippen molar-refractivity contribution in [3.63, 3.8) is 0 Å². The number of fused-ring (bicyclic) bond motifs is 1. The van der Waals surface area contributed by atoms with E-state index in [4.69, 9.17) is 5.10 Å². The van der Waals surface area contributed by atoms with E-state index >= 15 is 0 Å². The van der Waals surface area contributed by atoms with Crippen LogP contribution in [0.25, 0.3) is 16.6 Å². The molecule has 2 aliphatic rings. The van der Waals surface area contributed by atoms with Crippen molar-refractivity contribution < 1.29 is 5.11 Å². The molecule has 1 atom stereocenters. The molecule has 0 unspecified atom stereocenters. The predicted octanol–water partition coefficient (Wildman–Crippen LogP) is 3.70. The molecule has 2 saturated carbocycles. The van der Waals surface area contributed by atoms with E-state index in [1.54, 1.807) is 0 Å². The fourth-order valence-electron chi connectivity index (χ4n) is 5.12. The Morgan fingerprint density at radius 1 is 1.16 bits per heavy atom. The highest BCUT2D eigenvalue weighted by atomic mass is 16.3. The third kappa shape index (κ3) is 4.26. The number of nitrogens with zero attached hydrogens (tertiary/aromatic N) is 6. The largest absolute Gasteiger partial charge is 0.393 e. The first kappa shape index (κ1) is 21.4. The van der Waals surface area contributed by atoms with Crippen LogP contribution < -0.4 is 5.32 Å². The second kappa shape index (κ2) is 8.83. The van der Waals surface area contributed by atoms with Gasteiger partial charge in [0.15, 0.2) is 0 Å². The quantitative estimate of drug-likeness (QED) is 0.586. The molecule has 0 amide bonds. The van der Waals surface area contributed by atoms with Crippen molar-refractivity contribution in [2.45, 2.75) is 76.0 Å². The number of nitrogens with one attached hydrogen (secondary N) is 1. The number of aliphatic hydroxyl groups is 1. The molecule has 32 heavy (non-hydrogen) atoms. The second-order valence-corrected chi connectivity index (χ2v) is 9.97. The summed E-state index contributed by atoms with van der Waals surface area (Å²) in [7, 11) is 4.14. The van der Waals surface area contributed by atoms with Crippen molar-refractivity contribution in [1.82, 2.24) is 29.3 Å². The zero-order valence-electron chi connectivity index (χ0n) is 19.4. The van der Waals surface area contributed by atoms with Gasteiger partial charge in [-0.15, -0.1) is 5.10 Å². The molecule has 0 saturated heterocycles. The third-order valence-corrected chi connectivity index (χ3v) is 7.04. The van der Waals surface area contributed by atoms with Gasteiger partial charge in [-0.25, -0.2) is 9.50 Å². The molecule has 3 heterocycles. The Balaban J connectivity index is 1.51. The highest BCUT2D eigenvalue weighted by Gasteiger charge is 2.27. The van der Waals surface area contributed by atoms with Crippen molar-refractivity contribution in [3.05, 3.63) is 30.4 Å². The Hall–Kier alpha value is -2.45. The summed E-state index contributed by atoms with van der Waals surface area (Å²) in [6, 6.07) is 3.07. The zero-order chi connectivity index (χ0) is 22.2. The van der Waals surface area contributed by atoms with E-state index in [2.05, 4.69) is 62.8 Å². The van der Waals surface area contributed by atoms with E-state index in [-0.39, 0.29) is 12.1 Å². The number of aromatic nitrogens is 5. The van der Waals surface area contributed by atoms with Crippen LogP contribution >= 0.6 is 0 Å². The van der Waals surface area contributed by atoms with Gasteiger partial charge < -0.3 is 15.3 Å². The third-order valence-electron chi connectivity index (χ3n) is 7.04. The smallest absolute Gasteiger partial charge is 0.241 e. The summed E-state index contributed by atoms with van der Waals surface area (Å²) in [5.41, 5.74) is 4.50. The highest BCUT2D eigenvalue weighted by molar-refractivity contribution is 5.81. The summed E-state index contributed by atoms with van der Waals surface area (Å²) in [5.74, 6) is 1.04. The maximum atomic E-state index is 10.0. The standard InChI is InChI=1S/C24H35N7O/c1-16(14-29(2)3)27-24-25-13-23-21(18-12-26-30(15-18)19-5-4-6-19)11-22(31(23)28-24)17-7-9-20(32)10-8-17/h11-13,15-17,19-20,32H,4-10,14H2,1-3H3,(H,27,28)/t16-,17?,20?/m0/s1. The van der Waals surface area contributed by atoms with E-state index in [9.17, 15) is 5.11 Å². The monoisotopic (exact) mass is 437 g/mol. The molecular formula is C24H35N7O. The predicted molar refractivity (Wildman–Crippen MR) is 126 cm³/mol. The number of anilines is 1. The highest BCUT2D eigenvalue weighted by Crippen LogP contribution is 2.38. The van der Waals surface area contributed by atoms with Crippen molar-refractivity contribution in [3.8, 4) is 11.1 Å². The maximum absolute atomic E-state index is 10.0. The number of hydrogen-bond donors (Lipinski definition) is 2. The molecular weight excluding hydrogens is 402 g/mol. The molecule has 8 nitrogen and oxygen atoms in total. The Labute approximate surface area is 189 Å². The molecule has 8 heteroatoms. The molecule has 2 fully saturated rings. The van der Waals surface area contributed by atoms with Crippen molar-refractivity contribution >= 4 is 11.5 Å². The lowest BCUT2D eigenvalue weighted by Crippen LogP contribution is -2.30. The molecule has 3 aromatic rings. The minimum Gasteiger partial charge on any atom is -0.393 e. The van der Waals surface area contributed by atoms with E-state index in [0.717, 1.165) is 48.9 Å². The number of rotatable bonds is 7. The van der Waals surface area contributed by atoms with E-state index in [1.807, 2.05) is 12.4 Å². The molecule has 0 spiro atoms. The van der Waals surface area contributed by atoms with Crippen LogP contribution in [0, 0.1) is 0 Å². The molecule has 172 valence electrons. The van der Waals surface area contributed by atoms with E-state index in [1.165, 1.54) is 25.0 Å². The topological polar surface area (TPSA) is 83.5 Å². The Morgan fingerprint density at radius 3 is 2.62 bits per heavy atom. The van der Waals surface area contributed by atoms with Gasteiger partial charge in [-0.1, -0.05) is 0 Å². The van der Waals surface area contributed by atoms with Crippen LogP contribution in [0.3, 0.4) is 0 Å². The SMILES string of the molecule is C[C@@H](CN(C)C)Nc1ncc2c(-c3cnn(C4CCC4)c3)cc(C3CCC(O)CC3)n2n1. The van der Waals surface area contributed by atoms with Crippen molar-refractivity contribution in [2.75, 3.05) is 26.0 Å². The van der Waals surface area contributed by atoms with Crippen molar-refractivity contribution in [2.24, 2.45) is 0 Å². The van der Waals surface area contributed by atoms with Crippen LogP contribution in [0.2, 0.25) is 0 Å². The zero-order valence-corrected chi connectivity index (χ0v) is 19.4. The van der Waals surface area contributed by atoms with Gasteiger partial charge in [0.25, 0.3) is 0 Å². The Bertz CT molecular complexity index is 1060. The van der Waals surface area contributed by atoms with Crippen LogP contribution in [0.4, 0.5) is 5.95 Å². The van der Waals surface area contributed by atoms with Gasteiger partial charge in [0.2, 0.25) is 5.95 Å². The van der Waals surface area contributed by atoms with Gasteiger partial charge >= 0.3 is 0 Å². The van der Waals surface area contributed by atoms with Gasteiger partial charge in [-0.2, -0.15) is 5.10 Å². The first-order valence-electron chi connectivity index (χ1n) is 12.0. The lowest BCUT2D eigenvalue weighted by molar-refractivity contribution is 0.121. The summed E-state index contributed by atoms with van der Waals surface area (Å²) in [6.45, 7) is 3.05.